The summed E-state index contributed by atoms with van der Waals surface area (Å²) in [5.41, 5.74) is 0.498. The lowest BCUT2D eigenvalue weighted by molar-refractivity contribution is 0.577. The van der Waals surface area contributed by atoms with Crippen LogP contribution in [0, 0.1) is 5.82 Å². The number of nitrogens with one attached hydrogen (secondary N) is 1. The Bertz CT molecular complexity index is 642. The molecule has 5 heteroatoms. The van der Waals surface area contributed by atoms with Crippen LogP contribution in [0.15, 0.2) is 59.5 Å². The molecule has 0 aliphatic rings. The van der Waals surface area contributed by atoms with Gasteiger partial charge >= 0.3 is 0 Å². The first-order valence-corrected chi connectivity index (χ1v) is 7.36. The Morgan fingerprint density at radius 1 is 0.947 bits per heavy atom. The van der Waals surface area contributed by atoms with E-state index in [1.807, 2.05) is 0 Å². The fourth-order valence-electron chi connectivity index (χ4n) is 1.70. The minimum atomic E-state index is -3.52. The van der Waals surface area contributed by atoms with Gasteiger partial charge < -0.3 is 0 Å². The molecule has 0 heterocycles. The van der Waals surface area contributed by atoms with Crippen LogP contribution in [0.1, 0.15) is 5.56 Å². The lowest BCUT2D eigenvalue weighted by atomic mass is 10.1. The highest BCUT2D eigenvalue weighted by Crippen LogP contribution is 2.09. The maximum atomic E-state index is 13.4. The molecule has 0 aliphatic heterocycles. The summed E-state index contributed by atoms with van der Waals surface area (Å²) < 4.78 is 39.6. The topological polar surface area (TPSA) is 46.2 Å². The van der Waals surface area contributed by atoms with Gasteiger partial charge in [0.25, 0.3) is 0 Å². The van der Waals surface area contributed by atoms with Crippen molar-refractivity contribution < 1.29 is 12.8 Å². The Kier molecular flexibility index (Phi) is 4.29. The zero-order valence-electron chi connectivity index (χ0n) is 10.2. The van der Waals surface area contributed by atoms with Gasteiger partial charge in [-0.2, -0.15) is 0 Å². The van der Waals surface area contributed by atoms with Gasteiger partial charge in [-0.25, -0.2) is 17.5 Å². The maximum absolute atomic E-state index is 13.4. The highest BCUT2D eigenvalue weighted by atomic mass is 32.2. The molecule has 1 N–H and O–H groups in total. The fourth-order valence-corrected chi connectivity index (χ4v) is 2.76. The van der Waals surface area contributed by atoms with Crippen molar-refractivity contribution in [3.8, 4) is 0 Å². The molecule has 0 saturated carbocycles. The van der Waals surface area contributed by atoms with Gasteiger partial charge in [0.1, 0.15) is 5.82 Å². The van der Waals surface area contributed by atoms with Gasteiger partial charge in [-0.15, -0.1) is 0 Å². The summed E-state index contributed by atoms with van der Waals surface area (Å²) in [7, 11) is -3.52. The molecule has 0 atom stereocenters. The highest BCUT2D eigenvalue weighted by Gasteiger charge is 2.12. The summed E-state index contributed by atoms with van der Waals surface area (Å²) in [5, 5.41) is 0. The Morgan fingerprint density at radius 3 is 2.26 bits per heavy atom. The van der Waals surface area contributed by atoms with Crippen LogP contribution in [-0.4, -0.2) is 15.0 Å². The van der Waals surface area contributed by atoms with Crippen LogP contribution >= 0.6 is 0 Å². The summed E-state index contributed by atoms with van der Waals surface area (Å²) in [6, 6.07) is 14.4. The molecular weight excluding hydrogens is 265 g/mol. The monoisotopic (exact) mass is 279 g/mol. The fraction of sp³-hybridized carbons (Fsp3) is 0.143. The predicted molar refractivity (Wildman–Crippen MR) is 71.7 cm³/mol. The van der Waals surface area contributed by atoms with E-state index in [9.17, 15) is 12.8 Å². The quantitative estimate of drug-likeness (QED) is 0.913. The van der Waals surface area contributed by atoms with Gasteiger partial charge in [0.05, 0.1) is 4.90 Å². The Morgan fingerprint density at radius 2 is 1.58 bits per heavy atom. The van der Waals surface area contributed by atoms with E-state index in [1.165, 1.54) is 18.2 Å². The largest absolute Gasteiger partial charge is 0.240 e. The second-order valence-electron chi connectivity index (χ2n) is 4.05. The van der Waals surface area contributed by atoms with Gasteiger partial charge in [-0.1, -0.05) is 36.4 Å². The van der Waals surface area contributed by atoms with Crippen molar-refractivity contribution in [2.24, 2.45) is 0 Å². The minimum absolute atomic E-state index is 0.165. The zero-order valence-corrected chi connectivity index (χ0v) is 11.0. The SMILES string of the molecule is O=S(=O)(NCCc1ccccc1F)c1ccccc1. The van der Waals surface area contributed by atoms with Crippen molar-refractivity contribution in [3.63, 3.8) is 0 Å². The lowest BCUT2D eigenvalue weighted by Gasteiger charge is -2.07. The third-order valence-corrected chi connectivity index (χ3v) is 4.17. The van der Waals surface area contributed by atoms with E-state index in [2.05, 4.69) is 4.72 Å². The molecule has 2 rings (SSSR count). The van der Waals surface area contributed by atoms with Crippen LogP contribution in [0.4, 0.5) is 4.39 Å². The van der Waals surface area contributed by atoms with Crippen molar-refractivity contribution in [3.05, 3.63) is 66.0 Å². The van der Waals surface area contributed by atoms with Gasteiger partial charge in [-0.05, 0) is 30.2 Å². The third kappa shape index (κ3) is 3.62. The second kappa shape index (κ2) is 5.95. The maximum Gasteiger partial charge on any atom is 0.240 e. The number of sulfonamides is 1. The lowest BCUT2D eigenvalue weighted by Crippen LogP contribution is -2.26. The van der Waals surface area contributed by atoms with Crippen molar-refractivity contribution in [1.82, 2.24) is 4.72 Å². The van der Waals surface area contributed by atoms with E-state index >= 15 is 0 Å². The molecule has 0 amide bonds. The van der Waals surface area contributed by atoms with E-state index < -0.39 is 10.0 Å². The molecule has 0 radical (unpaired) electrons. The molecular formula is C14H14FNO2S. The number of hydrogen-bond donors (Lipinski definition) is 1. The summed E-state index contributed by atoms with van der Waals surface area (Å²) in [5.74, 6) is -0.318. The normalized spacial score (nSPS) is 11.4. The Hall–Kier alpha value is -1.72. The number of hydrogen-bond acceptors (Lipinski definition) is 2. The first-order chi connectivity index (χ1) is 9.09. The number of rotatable bonds is 5. The molecule has 0 spiro atoms. The average Bonchev–Trinajstić information content (AvgIpc) is 2.42. The van der Waals surface area contributed by atoms with Crippen LogP contribution in [0.2, 0.25) is 0 Å². The molecule has 100 valence electrons. The smallest absolute Gasteiger partial charge is 0.211 e. The summed E-state index contributed by atoms with van der Waals surface area (Å²) in [6.45, 7) is 0.165. The molecule has 0 saturated heterocycles. The van der Waals surface area contributed by atoms with E-state index in [1.54, 1.807) is 36.4 Å². The molecule has 19 heavy (non-hydrogen) atoms. The summed E-state index contributed by atoms with van der Waals surface area (Å²) >= 11 is 0. The first-order valence-electron chi connectivity index (χ1n) is 5.88. The Balaban J connectivity index is 1.98. The summed E-state index contributed by atoms with van der Waals surface area (Å²) in [4.78, 5) is 0.212. The number of benzene rings is 2. The summed E-state index contributed by atoms with van der Waals surface area (Å²) in [6.07, 6.45) is 0.318. The van der Waals surface area contributed by atoms with Crippen LogP contribution < -0.4 is 4.72 Å². The van der Waals surface area contributed by atoms with Gasteiger partial charge in [0.2, 0.25) is 10.0 Å². The molecule has 2 aromatic carbocycles. The third-order valence-electron chi connectivity index (χ3n) is 2.70. The highest BCUT2D eigenvalue weighted by molar-refractivity contribution is 7.89. The number of halogens is 1. The zero-order chi connectivity index (χ0) is 13.7. The van der Waals surface area contributed by atoms with Crippen LogP contribution in [0.3, 0.4) is 0 Å². The van der Waals surface area contributed by atoms with Gasteiger partial charge in [0.15, 0.2) is 0 Å². The molecule has 0 unspecified atom stereocenters. The molecule has 0 aromatic heterocycles. The van der Waals surface area contributed by atoms with E-state index in [-0.39, 0.29) is 17.3 Å². The molecule has 0 bridgehead atoms. The van der Waals surface area contributed by atoms with Gasteiger partial charge in [0, 0.05) is 6.54 Å². The van der Waals surface area contributed by atoms with Crippen LogP contribution in [-0.2, 0) is 16.4 Å². The first kappa shape index (κ1) is 13.7. The van der Waals surface area contributed by atoms with Crippen molar-refractivity contribution in [2.75, 3.05) is 6.54 Å². The van der Waals surface area contributed by atoms with Crippen molar-refractivity contribution in [1.29, 1.82) is 0 Å². The molecule has 3 nitrogen and oxygen atoms in total. The average molecular weight is 279 g/mol. The molecule has 2 aromatic rings. The van der Waals surface area contributed by atoms with Crippen molar-refractivity contribution in [2.45, 2.75) is 11.3 Å². The van der Waals surface area contributed by atoms with E-state index in [0.29, 0.717) is 12.0 Å². The molecule has 0 fully saturated rings. The second-order valence-corrected chi connectivity index (χ2v) is 5.82. The van der Waals surface area contributed by atoms with Gasteiger partial charge in [-0.3, -0.25) is 0 Å². The standard InChI is InChI=1S/C14H14FNO2S/c15-14-9-5-4-6-12(14)10-11-16-19(17,18)13-7-2-1-3-8-13/h1-9,16H,10-11H2. The Labute approximate surface area is 112 Å². The van der Waals surface area contributed by atoms with E-state index in [4.69, 9.17) is 0 Å². The van der Waals surface area contributed by atoms with E-state index in [0.717, 1.165) is 0 Å². The van der Waals surface area contributed by atoms with Crippen molar-refractivity contribution >= 4 is 10.0 Å². The minimum Gasteiger partial charge on any atom is -0.211 e. The van der Waals surface area contributed by atoms with Crippen LogP contribution in [0.25, 0.3) is 0 Å². The van der Waals surface area contributed by atoms with Crippen LogP contribution in [0.5, 0.6) is 0 Å². The molecule has 0 aliphatic carbocycles. The predicted octanol–water partition coefficient (Wildman–Crippen LogP) is 2.35.